The highest BCUT2D eigenvalue weighted by Gasteiger charge is 2.40. The first kappa shape index (κ1) is 15.2. The summed E-state index contributed by atoms with van der Waals surface area (Å²) in [6.45, 7) is 2.57. The van der Waals surface area contributed by atoms with Gasteiger partial charge in [0, 0.05) is 6.54 Å². The van der Waals surface area contributed by atoms with Crippen molar-refractivity contribution in [3.8, 4) is 0 Å². The number of carbonyl (C=O) groups is 1. The average molecular weight is 244 g/mol. The molecular formula is C9H16F4N2O. The van der Waals surface area contributed by atoms with Gasteiger partial charge in [-0.1, -0.05) is 13.8 Å². The molecule has 0 saturated heterocycles. The lowest BCUT2D eigenvalue weighted by Gasteiger charge is -2.15. The molecule has 0 aliphatic carbocycles. The van der Waals surface area contributed by atoms with Crippen LogP contribution in [0.5, 0.6) is 0 Å². The molecule has 0 radical (unpaired) electrons. The van der Waals surface area contributed by atoms with Crippen molar-refractivity contribution in [1.29, 1.82) is 0 Å². The van der Waals surface area contributed by atoms with Crippen LogP contribution in [0.15, 0.2) is 0 Å². The standard InChI is InChI=1S/C9H16F4N2O/c1-6(2)3-15-7(16)4-14-5-9(12,13)8(10)11/h6,8,14H,3-5H2,1-2H3,(H,15,16). The fourth-order valence-electron chi connectivity index (χ4n) is 0.800. The molecule has 1 amide bonds. The molecule has 0 aromatic heterocycles. The van der Waals surface area contributed by atoms with E-state index in [1.54, 1.807) is 0 Å². The van der Waals surface area contributed by atoms with Gasteiger partial charge in [0.15, 0.2) is 0 Å². The first-order chi connectivity index (χ1) is 7.25. The predicted octanol–water partition coefficient (Wildman–Crippen LogP) is 1.25. The number of hydrogen-bond acceptors (Lipinski definition) is 2. The highest BCUT2D eigenvalue weighted by Crippen LogP contribution is 2.21. The van der Waals surface area contributed by atoms with Gasteiger partial charge < -0.3 is 10.6 Å². The molecule has 0 spiro atoms. The van der Waals surface area contributed by atoms with Gasteiger partial charge in [-0.25, -0.2) is 8.78 Å². The SMILES string of the molecule is CC(C)CNC(=O)CNCC(F)(F)C(F)F. The van der Waals surface area contributed by atoms with Crippen LogP contribution in [0.1, 0.15) is 13.8 Å². The normalized spacial score (nSPS) is 12.2. The molecule has 0 atom stereocenters. The lowest BCUT2D eigenvalue weighted by atomic mass is 10.2. The van der Waals surface area contributed by atoms with E-state index in [1.807, 2.05) is 19.2 Å². The summed E-state index contributed by atoms with van der Waals surface area (Å²) in [6, 6.07) is 0. The molecule has 0 rings (SSSR count). The van der Waals surface area contributed by atoms with Crippen LogP contribution >= 0.6 is 0 Å². The fourth-order valence-corrected chi connectivity index (χ4v) is 0.800. The molecule has 0 unspecified atom stereocenters. The third-order valence-corrected chi connectivity index (χ3v) is 1.67. The van der Waals surface area contributed by atoms with E-state index in [9.17, 15) is 22.4 Å². The third kappa shape index (κ3) is 6.60. The molecule has 96 valence electrons. The minimum Gasteiger partial charge on any atom is -0.355 e. The average Bonchev–Trinajstić information content (AvgIpc) is 2.14. The minimum absolute atomic E-state index is 0.242. The summed E-state index contributed by atoms with van der Waals surface area (Å²) in [5, 5.41) is 4.45. The third-order valence-electron chi connectivity index (χ3n) is 1.67. The number of hydrogen-bond donors (Lipinski definition) is 2. The van der Waals surface area contributed by atoms with Crippen molar-refractivity contribution < 1.29 is 22.4 Å². The Kier molecular flexibility index (Phi) is 6.32. The molecule has 0 heterocycles. The van der Waals surface area contributed by atoms with Crippen molar-refractivity contribution in [3.63, 3.8) is 0 Å². The Morgan fingerprint density at radius 3 is 2.31 bits per heavy atom. The molecule has 2 N–H and O–H groups in total. The maximum absolute atomic E-state index is 12.4. The highest BCUT2D eigenvalue weighted by molar-refractivity contribution is 5.77. The second-order valence-corrected chi connectivity index (χ2v) is 3.86. The molecule has 3 nitrogen and oxygen atoms in total. The van der Waals surface area contributed by atoms with Crippen molar-refractivity contribution in [2.75, 3.05) is 19.6 Å². The van der Waals surface area contributed by atoms with Gasteiger partial charge in [0.2, 0.25) is 5.91 Å². The summed E-state index contributed by atoms with van der Waals surface area (Å²) in [4.78, 5) is 11.0. The molecule has 7 heteroatoms. The summed E-state index contributed by atoms with van der Waals surface area (Å²) in [6.07, 6.45) is -3.72. The molecule has 0 aromatic carbocycles. The molecule has 16 heavy (non-hydrogen) atoms. The van der Waals surface area contributed by atoms with Crippen LogP contribution in [0.2, 0.25) is 0 Å². The number of nitrogens with one attached hydrogen (secondary N) is 2. The van der Waals surface area contributed by atoms with E-state index in [-0.39, 0.29) is 5.92 Å². The van der Waals surface area contributed by atoms with Gasteiger partial charge in [-0.3, -0.25) is 4.79 Å². The molecule has 0 aliphatic rings. The second kappa shape index (κ2) is 6.67. The van der Waals surface area contributed by atoms with Gasteiger partial charge in [0.25, 0.3) is 0 Å². The maximum atomic E-state index is 12.4. The van der Waals surface area contributed by atoms with Crippen molar-refractivity contribution in [2.45, 2.75) is 26.2 Å². The summed E-state index contributed by atoms with van der Waals surface area (Å²) < 4.78 is 48.1. The Bertz CT molecular complexity index is 222. The van der Waals surface area contributed by atoms with Crippen LogP contribution in [0.4, 0.5) is 17.6 Å². The Hall–Kier alpha value is -0.850. The molecular weight excluding hydrogens is 228 g/mol. The van der Waals surface area contributed by atoms with E-state index in [2.05, 4.69) is 5.32 Å². The first-order valence-corrected chi connectivity index (χ1v) is 4.89. The van der Waals surface area contributed by atoms with Crippen LogP contribution in [0.3, 0.4) is 0 Å². The Balaban J connectivity index is 3.70. The van der Waals surface area contributed by atoms with Crippen molar-refractivity contribution in [2.24, 2.45) is 5.92 Å². The van der Waals surface area contributed by atoms with Gasteiger partial charge in [0.05, 0.1) is 13.1 Å². The maximum Gasteiger partial charge on any atom is 0.319 e. The number of carbonyl (C=O) groups excluding carboxylic acids is 1. The predicted molar refractivity (Wildman–Crippen MR) is 51.7 cm³/mol. The zero-order chi connectivity index (χ0) is 12.8. The quantitative estimate of drug-likeness (QED) is 0.662. The summed E-state index contributed by atoms with van der Waals surface area (Å²) in [7, 11) is 0. The molecule has 0 fully saturated rings. The van der Waals surface area contributed by atoms with E-state index >= 15 is 0 Å². The van der Waals surface area contributed by atoms with Gasteiger partial charge in [-0.2, -0.15) is 8.78 Å². The molecule has 0 saturated carbocycles. The zero-order valence-corrected chi connectivity index (χ0v) is 9.20. The van der Waals surface area contributed by atoms with Crippen molar-refractivity contribution >= 4 is 5.91 Å². The van der Waals surface area contributed by atoms with E-state index in [1.165, 1.54) is 0 Å². The van der Waals surface area contributed by atoms with E-state index < -0.39 is 31.3 Å². The highest BCUT2D eigenvalue weighted by atomic mass is 19.3. The van der Waals surface area contributed by atoms with Crippen LogP contribution in [-0.4, -0.2) is 37.9 Å². The smallest absolute Gasteiger partial charge is 0.319 e. The van der Waals surface area contributed by atoms with Crippen molar-refractivity contribution in [3.05, 3.63) is 0 Å². The van der Waals surface area contributed by atoms with Crippen LogP contribution in [0.25, 0.3) is 0 Å². The van der Waals surface area contributed by atoms with Gasteiger partial charge in [0.1, 0.15) is 0 Å². The van der Waals surface area contributed by atoms with Crippen LogP contribution in [0, 0.1) is 5.92 Å². The first-order valence-electron chi connectivity index (χ1n) is 4.89. The number of halogens is 4. The second-order valence-electron chi connectivity index (χ2n) is 3.86. The van der Waals surface area contributed by atoms with E-state index in [4.69, 9.17) is 0 Å². The largest absolute Gasteiger partial charge is 0.355 e. The van der Waals surface area contributed by atoms with E-state index in [0.717, 1.165) is 0 Å². The lowest BCUT2D eigenvalue weighted by molar-refractivity contribution is -0.128. The summed E-state index contributed by atoms with van der Waals surface area (Å²) in [5.74, 6) is -4.34. The Morgan fingerprint density at radius 2 is 1.88 bits per heavy atom. The topological polar surface area (TPSA) is 41.1 Å². The lowest BCUT2D eigenvalue weighted by Crippen LogP contribution is -2.43. The molecule has 0 aromatic rings. The van der Waals surface area contributed by atoms with Crippen molar-refractivity contribution in [1.82, 2.24) is 10.6 Å². The monoisotopic (exact) mass is 244 g/mol. The van der Waals surface area contributed by atoms with Gasteiger partial charge >= 0.3 is 12.3 Å². The van der Waals surface area contributed by atoms with Crippen LogP contribution < -0.4 is 10.6 Å². The number of rotatable bonds is 7. The zero-order valence-electron chi connectivity index (χ0n) is 9.20. The van der Waals surface area contributed by atoms with Gasteiger partial charge in [-0.15, -0.1) is 0 Å². The summed E-state index contributed by atoms with van der Waals surface area (Å²) in [5.41, 5.74) is 0. The van der Waals surface area contributed by atoms with E-state index in [0.29, 0.717) is 6.54 Å². The van der Waals surface area contributed by atoms with Crippen LogP contribution in [-0.2, 0) is 4.79 Å². The Labute approximate surface area is 91.6 Å². The minimum atomic E-state index is -4.10. The Morgan fingerprint density at radius 1 is 1.31 bits per heavy atom. The molecule has 0 aliphatic heterocycles. The molecule has 0 bridgehead atoms. The number of alkyl halides is 4. The fraction of sp³-hybridized carbons (Fsp3) is 0.889. The number of amides is 1. The van der Waals surface area contributed by atoms with Gasteiger partial charge in [-0.05, 0) is 5.92 Å². The summed E-state index contributed by atoms with van der Waals surface area (Å²) >= 11 is 0.